The van der Waals surface area contributed by atoms with Crippen molar-refractivity contribution in [3.63, 3.8) is 0 Å². The lowest BCUT2D eigenvalue weighted by Crippen LogP contribution is -2.35. The molecule has 148 valence electrons. The zero-order chi connectivity index (χ0) is 20.2. The van der Waals surface area contributed by atoms with Gasteiger partial charge in [0, 0.05) is 25.4 Å². The lowest BCUT2D eigenvalue weighted by atomic mass is 10.1. The molecule has 1 amide bonds. The van der Waals surface area contributed by atoms with Crippen LogP contribution in [0.15, 0.2) is 18.6 Å². The molecule has 0 bridgehead atoms. The molecule has 1 unspecified atom stereocenters. The molecule has 2 aromatic rings. The van der Waals surface area contributed by atoms with Gasteiger partial charge in [0.05, 0.1) is 29.2 Å². The molecule has 0 aliphatic rings. The van der Waals surface area contributed by atoms with Gasteiger partial charge in [0.15, 0.2) is 0 Å². The topological polar surface area (TPSA) is 73.1 Å². The second-order valence-corrected chi connectivity index (χ2v) is 8.04. The summed E-state index contributed by atoms with van der Waals surface area (Å²) in [6.07, 6.45) is 6.32. The van der Waals surface area contributed by atoms with Crippen molar-refractivity contribution >= 4 is 29.3 Å². The Bertz CT molecular complexity index is 788. The van der Waals surface area contributed by atoms with E-state index in [9.17, 15) is 4.79 Å². The Balaban J connectivity index is 2.05. The van der Waals surface area contributed by atoms with Crippen LogP contribution in [0.4, 0.5) is 4.79 Å². The molecule has 27 heavy (non-hydrogen) atoms. The van der Waals surface area contributed by atoms with E-state index in [4.69, 9.17) is 27.9 Å². The van der Waals surface area contributed by atoms with Gasteiger partial charge in [-0.1, -0.05) is 18.5 Å². The van der Waals surface area contributed by atoms with E-state index in [1.54, 1.807) is 18.1 Å². The van der Waals surface area contributed by atoms with Crippen LogP contribution in [-0.2, 0) is 4.74 Å². The predicted octanol–water partition coefficient (Wildman–Crippen LogP) is 4.86. The number of aromatic nitrogens is 4. The van der Waals surface area contributed by atoms with Gasteiger partial charge in [-0.2, -0.15) is 5.10 Å². The first kappa shape index (κ1) is 21.4. The van der Waals surface area contributed by atoms with Gasteiger partial charge < -0.3 is 9.64 Å². The van der Waals surface area contributed by atoms with Gasteiger partial charge in [-0.15, -0.1) is 0 Å². The maximum Gasteiger partial charge on any atom is 0.410 e. The third-order valence-electron chi connectivity index (χ3n) is 3.94. The first-order valence-corrected chi connectivity index (χ1v) is 9.53. The molecular weight excluding hydrogens is 389 g/mol. The van der Waals surface area contributed by atoms with Crippen molar-refractivity contribution < 1.29 is 9.53 Å². The van der Waals surface area contributed by atoms with E-state index >= 15 is 0 Å². The number of hydrogen-bond donors (Lipinski definition) is 0. The first-order chi connectivity index (χ1) is 12.6. The molecule has 0 aliphatic heterocycles. The second-order valence-electron chi connectivity index (χ2n) is 7.30. The molecule has 0 aromatic carbocycles. The Morgan fingerprint density at radius 3 is 2.67 bits per heavy atom. The maximum absolute atomic E-state index is 12.1. The molecular formula is C18H25Cl2N5O2. The zero-order valence-corrected chi connectivity index (χ0v) is 17.8. The highest BCUT2D eigenvalue weighted by Gasteiger charge is 2.21. The SMILES string of the molecule is CCC(CCN(C)C(=O)OC(C)(C)C)n1cc(-c2nc(Cl)ncc2Cl)cn1. The van der Waals surface area contributed by atoms with Crippen LogP contribution >= 0.6 is 23.2 Å². The van der Waals surface area contributed by atoms with Crippen molar-refractivity contribution in [2.75, 3.05) is 13.6 Å². The summed E-state index contributed by atoms with van der Waals surface area (Å²) in [6, 6.07) is 0.125. The van der Waals surface area contributed by atoms with Gasteiger partial charge >= 0.3 is 6.09 Å². The Morgan fingerprint density at radius 2 is 2.04 bits per heavy atom. The average Bonchev–Trinajstić information content (AvgIpc) is 3.05. The van der Waals surface area contributed by atoms with Gasteiger partial charge in [-0.25, -0.2) is 14.8 Å². The van der Waals surface area contributed by atoms with Crippen LogP contribution in [0, 0.1) is 0 Å². The summed E-state index contributed by atoms with van der Waals surface area (Å²) in [6.45, 7) is 8.19. The largest absolute Gasteiger partial charge is 0.444 e. The Kier molecular flexibility index (Phi) is 7.06. The standard InChI is InChI=1S/C18H25Cl2N5O2/c1-6-13(7-8-24(5)17(26)27-18(2,3)4)25-11-12(9-22-25)15-14(19)10-21-16(20)23-15/h9-11,13H,6-8H2,1-5H3. The minimum atomic E-state index is -0.509. The monoisotopic (exact) mass is 413 g/mol. The molecule has 0 fully saturated rings. The van der Waals surface area contributed by atoms with E-state index in [-0.39, 0.29) is 17.4 Å². The number of hydrogen-bond acceptors (Lipinski definition) is 5. The summed E-state index contributed by atoms with van der Waals surface area (Å²) in [5.41, 5.74) is 0.802. The Labute approximate surface area is 169 Å². The van der Waals surface area contributed by atoms with Crippen molar-refractivity contribution in [2.24, 2.45) is 0 Å². The normalized spacial score (nSPS) is 12.7. The van der Waals surface area contributed by atoms with Crippen molar-refractivity contribution in [3.05, 3.63) is 28.9 Å². The quantitative estimate of drug-likeness (QED) is 0.632. The summed E-state index contributed by atoms with van der Waals surface area (Å²) >= 11 is 12.0. The zero-order valence-electron chi connectivity index (χ0n) is 16.2. The molecule has 2 heterocycles. The molecule has 0 radical (unpaired) electrons. The summed E-state index contributed by atoms with van der Waals surface area (Å²) in [5.74, 6) is 0. The molecule has 2 aromatic heterocycles. The minimum absolute atomic E-state index is 0.125. The molecule has 2 rings (SSSR count). The third kappa shape index (κ3) is 6.07. The van der Waals surface area contributed by atoms with E-state index < -0.39 is 5.60 Å². The van der Waals surface area contributed by atoms with Crippen LogP contribution in [0.25, 0.3) is 11.3 Å². The smallest absolute Gasteiger partial charge is 0.410 e. The minimum Gasteiger partial charge on any atom is -0.444 e. The summed E-state index contributed by atoms with van der Waals surface area (Å²) in [7, 11) is 1.73. The van der Waals surface area contributed by atoms with E-state index in [0.717, 1.165) is 18.4 Å². The van der Waals surface area contributed by atoms with Crippen molar-refractivity contribution in [3.8, 4) is 11.3 Å². The van der Waals surface area contributed by atoms with E-state index in [1.807, 2.05) is 31.6 Å². The van der Waals surface area contributed by atoms with E-state index in [0.29, 0.717) is 17.3 Å². The van der Waals surface area contributed by atoms with E-state index in [1.165, 1.54) is 6.20 Å². The number of carbonyl (C=O) groups is 1. The lowest BCUT2D eigenvalue weighted by Gasteiger charge is -2.26. The fraction of sp³-hybridized carbons (Fsp3) is 0.556. The van der Waals surface area contributed by atoms with Crippen molar-refractivity contribution in [1.29, 1.82) is 0 Å². The van der Waals surface area contributed by atoms with Crippen molar-refractivity contribution in [1.82, 2.24) is 24.6 Å². The molecule has 0 spiro atoms. The fourth-order valence-electron chi connectivity index (χ4n) is 2.51. The lowest BCUT2D eigenvalue weighted by molar-refractivity contribution is 0.0290. The number of nitrogens with zero attached hydrogens (tertiary/aromatic N) is 5. The van der Waals surface area contributed by atoms with Crippen molar-refractivity contribution in [2.45, 2.75) is 52.2 Å². The highest BCUT2D eigenvalue weighted by molar-refractivity contribution is 6.33. The number of amides is 1. The van der Waals surface area contributed by atoms with Gasteiger partial charge in [-0.05, 0) is 45.2 Å². The number of rotatable bonds is 6. The Hall–Kier alpha value is -1.86. The van der Waals surface area contributed by atoms with Gasteiger partial charge in [0.25, 0.3) is 0 Å². The van der Waals surface area contributed by atoms with Gasteiger partial charge in [0.2, 0.25) is 5.28 Å². The molecule has 9 heteroatoms. The average molecular weight is 414 g/mol. The van der Waals surface area contributed by atoms with Gasteiger partial charge in [0.1, 0.15) is 5.60 Å². The van der Waals surface area contributed by atoms with Crippen LogP contribution in [0.2, 0.25) is 10.3 Å². The highest BCUT2D eigenvalue weighted by atomic mass is 35.5. The van der Waals surface area contributed by atoms with Crippen LogP contribution in [-0.4, -0.2) is 49.9 Å². The summed E-state index contributed by atoms with van der Waals surface area (Å²) in [5, 5.41) is 4.98. The van der Waals surface area contributed by atoms with Gasteiger partial charge in [-0.3, -0.25) is 4.68 Å². The second kappa shape index (κ2) is 8.89. The maximum atomic E-state index is 12.1. The molecule has 0 aliphatic carbocycles. The fourth-order valence-corrected chi connectivity index (χ4v) is 2.84. The molecule has 0 saturated heterocycles. The number of carbonyl (C=O) groups excluding carboxylic acids is 1. The van der Waals surface area contributed by atoms with Crippen LogP contribution in [0.3, 0.4) is 0 Å². The van der Waals surface area contributed by atoms with E-state index in [2.05, 4.69) is 22.0 Å². The Morgan fingerprint density at radius 1 is 1.33 bits per heavy atom. The molecule has 0 saturated carbocycles. The number of ether oxygens (including phenoxy) is 1. The first-order valence-electron chi connectivity index (χ1n) is 8.77. The summed E-state index contributed by atoms with van der Waals surface area (Å²) in [4.78, 5) is 21.7. The highest BCUT2D eigenvalue weighted by Crippen LogP contribution is 2.27. The van der Waals surface area contributed by atoms with Crippen LogP contribution < -0.4 is 0 Å². The molecule has 7 nitrogen and oxygen atoms in total. The van der Waals surface area contributed by atoms with Crippen LogP contribution in [0.5, 0.6) is 0 Å². The third-order valence-corrected chi connectivity index (χ3v) is 4.40. The predicted molar refractivity (Wildman–Crippen MR) is 106 cm³/mol. The molecule has 0 N–H and O–H groups in total. The number of halogens is 2. The van der Waals surface area contributed by atoms with Crippen LogP contribution in [0.1, 0.15) is 46.6 Å². The summed E-state index contributed by atoms with van der Waals surface area (Å²) < 4.78 is 7.25. The molecule has 1 atom stereocenters.